The Morgan fingerprint density at radius 3 is 2.25 bits per heavy atom. The van der Waals surface area contributed by atoms with Crippen molar-refractivity contribution in [2.24, 2.45) is 0 Å². The maximum Gasteiger partial charge on any atom is 0.418 e. The van der Waals surface area contributed by atoms with Gasteiger partial charge >= 0.3 is 6.18 Å². The lowest BCUT2D eigenvalue weighted by atomic mass is 9.95. The van der Waals surface area contributed by atoms with Crippen molar-refractivity contribution in [3.8, 4) is 16.9 Å². The fraction of sp³-hybridized carbons (Fsp3) is 0.205. The molecule has 1 aromatic heterocycles. The molecule has 15 heteroatoms. The van der Waals surface area contributed by atoms with E-state index in [0.29, 0.717) is 55.9 Å². The topological polar surface area (TPSA) is 121 Å². The third-order valence-electron chi connectivity index (χ3n) is 9.81. The van der Waals surface area contributed by atoms with Crippen LogP contribution < -0.4 is 19.7 Å². The minimum absolute atomic E-state index is 0.00658. The van der Waals surface area contributed by atoms with Crippen LogP contribution in [0.15, 0.2) is 137 Å². The first-order valence-electron chi connectivity index (χ1n) is 18.9. The second kappa shape index (κ2) is 17.8. The Morgan fingerprint density at radius 1 is 0.831 bits per heavy atom. The van der Waals surface area contributed by atoms with Gasteiger partial charge in [-0.15, -0.1) is 11.8 Å². The summed E-state index contributed by atoms with van der Waals surface area (Å²) in [6.45, 7) is 4.53. The van der Waals surface area contributed by atoms with E-state index in [1.54, 1.807) is 29.4 Å². The Hall–Kier alpha value is -6.06. The number of benzene rings is 5. The highest BCUT2D eigenvalue weighted by molar-refractivity contribution is 7.99. The summed E-state index contributed by atoms with van der Waals surface area (Å²) < 4.78 is 76.0. The molecule has 7 rings (SSSR count). The number of ether oxygens (including phenoxy) is 1. The molecule has 0 unspecified atom stereocenters. The van der Waals surface area contributed by atoms with Crippen molar-refractivity contribution in [2.45, 2.75) is 22.9 Å². The zero-order valence-electron chi connectivity index (χ0n) is 31.9. The average Bonchev–Trinajstić information content (AvgIpc) is 3.25. The van der Waals surface area contributed by atoms with Crippen LogP contribution in [0.25, 0.3) is 21.9 Å². The summed E-state index contributed by atoms with van der Waals surface area (Å²) in [5.74, 6) is 0.0639. The van der Waals surface area contributed by atoms with E-state index >= 15 is 0 Å². The third kappa shape index (κ3) is 9.64. The predicted octanol–water partition coefficient (Wildman–Crippen LogP) is 8.60. The van der Waals surface area contributed by atoms with E-state index in [0.717, 1.165) is 44.6 Å². The predicted molar refractivity (Wildman–Crippen MR) is 225 cm³/mol. The summed E-state index contributed by atoms with van der Waals surface area (Å²) in [7, 11) is -4.66. The molecule has 0 bridgehead atoms. The van der Waals surface area contributed by atoms with Crippen LogP contribution in [-0.4, -0.2) is 75.2 Å². The molecule has 0 aliphatic carbocycles. The number of rotatable bonds is 13. The number of piperazine rings is 1. The molecule has 10 nitrogen and oxygen atoms in total. The molecule has 0 radical (unpaired) electrons. The maximum absolute atomic E-state index is 14.0. The summed E-state index contributed by atoms with van der Waals surface area (Å²) in [5.41, 5.74) is 1.75. The normalized spacial score (nSPS) is 13.3. The molecule has 1 fully saturated rings. The highest BCUT2D eigenvalue weighted by atomic mass is 32.2. The Balaban J connectivity index is 0.966. The molecular formula is C44H40F3N5O5S2. The van der Waals surface area contributed by atoms with Gasteiger partial charge in [0.25, 0.3) is 21.8 Å². The van der Waals surface area contributed by atoms with Crippen LogP contribution in [0.3, 0.4) is 0 Å². The number of fused-ring (bicyclic) bond motifs is 1. The lowest BCUT2D eigenvalue weighted by Crippen LogP contribution is -2.48. The van der Waals surface area contributed by atoms with Crippen LogP contribution in [0.1, 0.15) is 33.2 Å². The smallest absolute Gasteiger partial charge is 0.418 e. The van der Waals surface area contributed by atoms with E-state index in [2.05, 4.69) is 15.2 Å². The number of alkyl halides is 3. The zero-order valence-corrected chi connectivity index (χ0v) is 33.5. The summed E-state index contributed by atoms with van der Waals surface area (Å²) in [4.78, 5) is 35.4. The van der Waals surface area contributed by atoms with Gasteiger partial charge in [-0.05, 0) is 90.0 Å². The van der Waals surface area contributed by atoms with Crippen LogP contribution in [0, 0.1) is 0 Å². The van der Waals surface area contributed by atoms with Crippen molar-refractivity contribution in [2.75, 3.05) is 55.3 Å². The molecule has 5 aromatic carbocycles. The molecule has 0 spiro atoms. The van der Waals surface area contributed by atoms with Crippen LogP contribution in [0.4, 0.5) is 24.5 Å². The number of halogens is 3. The molecule has 6 aromatic rings. The molecule has 2 heterocycles. The number of anilines is 2. The number of amides is 2. The zero-order chi connectivity index (χ0) is 41.6. The monoisotopic (exact) mass is 839 g/mol. The summed E-state index contributed by atoms with van der Waals surface area (Å²) in [6, 6.07) is 31.7. The van der Waals surface area contributed by atoms with Gasteiger partial charge < -0.3 is 19.9 Å². The molecule has 0 atom stereocenters. The van der Waals surface area contributed by atoms with Gasteiger partial charge in [-0.1, -0.05) is 48.5 Å². The summed E-state index contributed by atoms with van der Waals surface area (Å²) in [6.07, 6.45) is -1.41. The second-order valence-corrected chi connectivity index (χ2v) is 16.5. The minimum atomic E-state index is -4.85. The molecule has 2 N–H and O–H groups in total. The number of carbonyl (C=O) groups is 2. The first kappa shape index (κ1) is 41.1. The minimum Gasteiger partial charge on any atom is -0.492 e. The Bertz CT molecular complexity index is 2570. The highest BCUT2D eigenvalue weighted by Gasteiger charge is 2.35. The quantitative estimate of drug-likeness (QED) is 0.0871. The number of sulfonamides is 1. The van der Waals surface area contributed by atoms with E-state index in [-0.39, 0.29) is 23.7 Å². The standard InChI is InChI=1S/C44H40F3N5O5S2/c1-2-57-33-26-31(28-48-29-33)36-17-18-39(38-11-7-6-10-37(36)38)43(54)52-23-21-51(22-24-52)32-14-12-30(13-15-32)42(53)50-59(55,56)35-16-19-41(40(27-35)44(45,46)47)49-20-25-58-34-8-4-3-5-9-34/h3-19,26-29,49H,2,20-25H2,1H3,(H,50,53). The maximum atomic E-state index is 14.0. The van der Waals surface area contributed by atoms with Crippen LogP contribution in [0.2, 0.25) is 0 Å². The number of nitrogens with one attached hydrogen (secondary N) is 2. The van der Waals surface area contributed by atoms with Crippen LogP contribution in [0.5, 0.6) is 5.75 Å². The highest BCUT2D eigenvalue weighted by Crippen LogP contribution is 2.37. The number of hydrogen-bond donors (Lipinski definition) is 2. The number of carbonyl (C=O) groups excluding carboxylic acids is 2. The molecular weight excluding hydrogens is 800 g/mol. The SMILES string of the molecule is CCOc1cncc(-c2ccc(C(=O)N3CCN(c4ccc(C(=O)NS(=O)(=O)c5ccc(NCCSc6ccccc6)c(C(F)(F)F)c5)cc4)CC3)c3ccccc23)c1. The van der Waals surface area contributed by atoms with Crippen LogP contribution >= 0.6 is 11.8 Å². The van der Waals surface area contributed by atoms with Gasteiger partial charge in [0.2, 0.25) is 0 Å². The molecule has 1 aliphatic heterocycles. The Morgan fingerprint density at radius 2 is 1.54 bits per heavy atom. The number of aromatic nitrogens is 1. The van der Waals surface area contributed by atoms with Crippen molar-refractivity contribution < 1.29 is 35.9 Å². The summed E-state index contributed by atoms with van der Waals surface area (Å²) >= 11 is 1.47. The fourth-order valence-corrected chi connectivity index (χ4v) is 8.69. The van der Waals surface area contributed by atoms with Gasteiger partial charge in [-0.2, -0.15) is 13.2 Å². The molecule has 1 saturated heterocycles. The number of thioether (sulfide) groups is 1. The van der Waals surface area contributed by atoms with E-state index in [1.807, 2.05) is 84.4 Å². The van der Waals surface area contributed by atoms with Crippen LogP contribution in [-0.2, 0) is 16.2 Å². The molecule has 2 amide bonds. The molecule has 0 saturated carbocycles. The van der Waals surface area contributed by atoms with Crippen molar-refractivity contribution in [3.63, 3.8) is 0 Å². The van der Waals surface area contributed by atoms with Crippen molar-refractivity contribution in [1.29, 1.82) is 0 Å². The first-order chi connectivity index (χ1) is 28.4. The van der Waals surface area contributed by atoms with Gasteiger partial charge in [0.05, 0.1) is 23.3 Å². The molecule has 304 valence electrons. The van der Waals surface area contributed by atoms with Gasteiger partial charge in [-0.3, -0.25) is 14.6 Å². The van der Waals surface area contributed by atoms with E-state index < -0.39 is 32.6 Å². The number of hydrogen-bond acceptors (Lipinski definition) is 9. The Kier molecular flexibility index (Phi) is 12.4. The third-order valence-corrected chi connectivity index (χ3v) is 12.2. The van der Waals surface area contributed by atoms with Gasteiger partial charge in [0.1, 0.15) is 5.75 Å². The van der Waals surface area contributed by atoms with E-state index in [1.165, 1.54) is 23.9 Å². The van der Waals surface area contributed by atoms with Gasteiger partial charge in [-0.25, -0.2) is 13.1 Å². The fourth-order valence-electron chi connectivity index (χ4n) is 6.90. The van der Waals surface area contributed by atoms with Crippen molar-refractivity contribution >= 4 is 55.7 Å². The number of nitrogens with zero attached hydrogens (tertiary/aromatic N) is 3. The van der Waals surface area contributed by atoms with Gasteiger partial charge in [0.15, 0.2) is 0 Å². The van der Waals surface area contributed by atoms with Gasteiger partial charge in [0, 0.05) is 77.6 Å². The lowest BCUT2D eigenvalue weighted by Gasteiger charge is -2.36. The molecule has 59 heavy (non-hydrogen) atoms. The first-order valence-corrected chi connectivity index (χ1v) is 21.3. The second-order valence-electron chi connectivity index (χ2n) is 13.6. The largest absolute Gasteiger partial charge is 0.492 e. The van der Waals surface area contributed by atoms with Crippen molar-refractivity contribution in [3.05, 3.63) is 144 Å². The summed E-state index contributed by atoms with van der Waals surface area (Å²) in [5, 5.41) is 4.50. The number of pyridine rings is 1. The lowest BCUT2D eigenvalue weighted by molar-refractivity contribution is -0.137. The molecule has 1 aliphatic rings. The average molecular weight is 840 g/mol. The van der Waals surface area contributed by atoms with Crippen molar-refractivity contribution in [1.82, 2.24) is 14.6 Å². The Labute approximate surface area is 344 Å². The van der Waals surface area contributed by atoms with E-state index in [9.17, 15) is 31.2 Å². The van der Waals surface area contributed by atoms with E-state index in [4.69, 9.17) is 4.74 Å².